The summed E-state index contributed by atoms with van der Waals surface area (Å²) in [4.78, 5) is 0.116. The van der Waals surface area contributed by atoms with Gasteiger partial charge in [0.15, 0.2) is 0 Å². The first-order valence-electron chi connectivity index (χ1n) is 6.71. The van der Waals surface area contributed by atoms with E-state index in [9.17, 15) is 12.8 Å². The lowest BCUT2D eigenvalue weighted by atomic mass is 10.1. The molecule has 0 fully saturated rings. The van der Waals surface area contributed by atoms with E-state index in [0.29, 0.717) is 5.56 Å². The van der Waals surface area contributed by atoms with Crippen LogP contribution in [0.4, 0.5) is 10.1 Å². The van der Waals surface area contributed by atoms with Gasteiger partial charge in [-0.2, -0.15) is 4.31 Å². The minimum absolute atomic E-state index is 0.0786. The third kappa shape index (κ3) is 2.81. The van der Waals surface area contributed by atoms with Gasteiger partial charge in [-0.05, 0) is 43.9 Å². The number of anilines is 1. The number of nitrogens with two attached hydrogens (primary N) is 1. The third-order valence-electron chi connectivity index (χ3n) is 3.80. The van der Waals surface area contributed by atoms with Crippen LogP contribution in [0.5, 0.6) is 0 Å². The second-order valence-electron chi connectivity index (χ2n) is 5.03. The van der Waals surface area contributed by atoms with Crippen LogP contribution in [0.1, 0.15) is 37.8 Å². The molecule has 6 heteroatoms. The van der Waals surface area contributed by atoms with Crippen LogP contribution in [0.15, 0.2) is 11.0 Å². The Labute approximate surface area is 120 Å². The largest absolute Gasteiger partial charge is 0.396 e. The molecule has 4 nitrogen and oxygen atoms in total. The second kappa shape index (κ2) is 6.10. The molecule has 0 atom stereocenters. The maximum absolute atomic E-state index is 13.6. The lowest BCUT2D eigenvalue weighted by molar-refractivity contribution is 0.349. The van der Waals surface area contributed by atoms with E-state index in [1.54, 1.807) is 20.9 Å². The highest BCUT2D eigenvalue weighted by molar-refractivity contribution is 7.89. The number of sulfonamides is 1. The zero-order valence-electron chi connectivity index (χ0n) is 12.7. The first kappa shape index (κ1) is 16.9. The van der Waals surface area contributed by atoms with Crippen molar-refractivity contribution in [3.8, 4) is 0 Å². The monoisotopic (exact) mass is 302 g/mol. The summed E-state index contributed by atoms with van der Waals surface area (Å²) >= 11 is 0. The number of benzene rings is 1. The summed E-state index contributed by atoms with van der Waals surface area (Å²) in [5.41, 5.74) is 6.19. The molecular formula is C14H23FN2O2S. The fraction of sp³-hybridized carbons (Fsp3) is 0.571. The molecule has 0 aliphatic heterocycles. The van der Waals surface area contributed by atoms with E-state index in [0.717, 1.165) is 12.8 Å². The molecule has 114 valence electrons. The van der Waals surface area contributed by atoms with Crippen LogP contribution in [0.25, 0.3) is 0 Å². The Morgan fingerprint density at radius 1 is 1.30 bits per heavy atom. The molecule has 0 aromatic heterocycles. The Morgan fingerprint density at radius 3 is 2.25 bits per heavy atom. The maximum atomic E-state index is 13.6. The van der Waals surface area contributed by atoms with Gasteiger partial charge in [0, 0.05) is 13.1 Å². The van der Waals surface area contributed by atoms with Crippen molar-refractivity contribution in [1.29, 1.82) is 0 Å². The van der Waals surface area contributed by atoms with Crippen molar-refractivity contribution >= 4 is 15.7 Å². The van der Waals surface area contributed by atoms with Gasteiger partial charge < -0.3 is 5.73 Å². The van der Waals surface area contributed by atoms with Gasteiger partial charge >= 0.3 is 0 Å². The minimum atomic E-state index is -3.68. The van der Waals surface area contributed by atoms with Gasteiger partial charge in [-0.25, -0.2) is 12.8 Å². The Kier molecular flexibility index (Phi) is 5.15. The molecule has 1 aromatic rings. The van der Waals surface area contributed by atoms with E-state index in [1.165, 1.54) is 10.4 Å². The smallest absolute Gasteiger partial charge is 0.243 e. The van der Waals surface area contributed by atoms with Gasteiger partial charge in [0.1, 0.15) is 5.82 Å². The van der Waals surface area contributed by atoms with E-state index < -0.39 is 15.8 Å². The molecule has 20 heavy (non-hydrogen) atoms. The first-order valence-corrected chi connectivity index (χ1v) is 8.15. The van der Waals surface area contributed by atoms with Crippen LogP contribution < -0.4 is 5.73 Å². The molecule has 0 radical (unpaired) electrons. The van der Waals surface area contributed by atoms with Gasteiger partial charge in [-0.3, -0.25) is 0 Å². The lowest BCUT2D eigenvalue weighted by Gasteiger charge is -2.27. The van der Waals surface area contributed by atoms with Crippen LogP contribution in [0.3, 0.4) is 0 Å². The predicted molar refractivity (Wildman–Crippen MR) is 79.6 cm³/mol. The van der Waals surface area contributed by atoms with Crippen LogP contribution >= 0.6 is 0 Å². The lowest BCUT2D eigenvalue weighted by Crippen LogP contribution is -2.37. The Balaban J connectivity index is 3.48. The molecule has 2 N–H and O–H groups in total. The Bertz CT molecular complexity index is 596. The van der Waals surface area contributed by atoms with Gasteiger partial charge in [0.2, 0.25) is 10.0 Å². The van der Waals surface area contributed by atoms with Crippen molar-refractivity contribution in [3.05, 3.63) is 23.0 Å². The van der Waals surface area contributed by atoms with Crippen LogP contribution in [-0.2, 0) is 10.0 Å². The molecular weight excluding hydrogens is 279 g/mol. The zero-order chi connectivity index (χ0) is 15.7. The van der Waals surface area contributed by atoms with E-state index in [4.69, 9.17) is 5.73 Å². The molecule has 1 aromatic carbocycles. The van der Waals surface area contributed by atoms with Crippen molar-refractivity contribution in [3.63, 3.8) is 0 Å². The highest BCUT2D eigenvalue weighted by Crippen LogP contribution is 2.30. The second-order valence-corrected chi connectivity index (χ2v) is 6.97. The van der Waals surface area contributed by atoms with Gasteiger partial charge in [0.05, 0.1) is 10.6 Å². The van der Waals surface area contributed by atoms with Crippen molar-refractivity contribution < 1.29 is 12.8 Å². The molecule has 0 aliphatic rings. The van der Waals surface area contributed by atoms with Gasteiger partial charge in [0.25, 0.3) is 0 Å². The third-order valence-corrected chi connectivity index (χ3v) is 6.00. The Morgan fingerprint density at radius 2 is 1.80 bits per heavy atom. The van der Waals surface area contributed by atoms with Crippen molar-refractivity contribution in [2.24, 2.45) is 0 Å². The molecule has 0 aliphatic carbocycles. The standard InChI is InChI=1S/C14H23FN2O2S/c1-6-11(7-2)17(5)20(18,19)14-9(3)8-12(15)13(16)10(14)4/h8,11H,6-7,16H2,1-5H3. The highest BCUT2D eigenvalue weighted by Gasteiger charge is 2.30. The summed E-state index contributed by atoms with van der Waals surface area (Å²) in [7, 11) is -2.12. The Hall–Kier alpha value is -1.14. The van der Waals surface area contributed by atoms with Crippen LogP contribution in [0, 0.1) is 19.7 Å². The summed E-state index contributed by atoms with van der Waals surface area (Å²) in [6.07, 6.45) is 1.45. The van der Waals surface area contributed by atoms with Crippen molar-refractivity contribution in [1.82, 2.24) is 4.31 Å². The summed E-state index contributed by atoms with van der Waals surface area (Å²) in [5, 5.41) is 0. The average Bonchev–Trinajstić information content (AvgIpc) is 2.37. The van der Waals surface area contributed by atoms with E-state index in [2.05, 4.69) is 0 Å². The SMILES string of the molecule is CCC(CC)N(C)S(=O)(=O)c1c(C)cc(F)c(N)c1C. The number of halogens is 1. The number of aryl methyl sites for hydroxylation is 1. The molecule has 0 saturated carbocycles. The summed E-state index contributed by atoms with van der Waals surface area (Å²) in [6, 6.07) is 1.10. The minimum Gasteiger partial charge on any atom is -0.396 e. The van der Waals surface area contributed by atoms with Crippen LogP contribution in [-0.4, -0.2) is 25.8 Å². The maximum Gasteiger partial charge on any atom is 0.243 e. The van der Waals surface area contributed by atoms with Gasteiger partial charge in [-0.15, -0.1) is 0 Å². The number of nitrogen functional groups attached to an aromatic ring is 1. The first-order chi connectivity index (χ1) is 9.18. The topological polar surface area (TPSA) is 63.4 Å². The molecule has 0 heterocycles. The molecule has 0 saturated heterocycles. The quantitative estimate of drug-likeness (QED) is 0.851. The van der Waals surface area contributed by atoms with E-state index in [-0.39, 0.29) is 22.2 Å². The molecule has 0 bridgehead atoms. The van der Waals surface area contributed by atoms with E-state index >= 15 is 0 Å². The molecule has 0 unspecified atom stereocenters. The summed E-state index contributed by atoms with van der Waals surface area (Å²) in [6.45, 7) is 7.01. The normalized spacial score (nSPS) is 12.4. The zero-order valence-corrected chi connectivity index (χ0v) is 13.5. The fourth-order valence-electron chi connectivity index (χ4n) is 2.47. The summed E-state index contributed by atoms with van der Waals surface area (Å²) < 4.78 is 40.4. The average molecular weight is 302 g/mol. The number of hydrogen-bond donors (Lipinski definition) is 1. The van der Waals surface area contributed by atoms with Crippen molar-refractivity contribution in [2.75, 3.05) is 12.8 Å². The number of nitrogens with zero attached hydrogens (tertiary/aromatic N) is 1. The number of hydrogen-bond acceptors (Lipinski definition) is 3. The van der Waals surface area contributed by atoms with E-state index in [1.807, 2.05) is 13.8 Å². The fourth-order valence-corrected chi connectivity index (χ4v) is 4.41. The molecule has 0 amide bonds. The van der Waals surface area contributed by atoms with Gasteiger partial charge in [-0.1, -0.05) is 13.8 Å². The predicted octanol–water partition coefficient (Wildman–Crippen LogP) is 2.83. The van der Waals surface area contributed by atoms with Crippen LogP contribution in [0.2, 0.25) is 0 Å². The molecule has 0 spiro atoms. The summed E-state index contributed by atoms with van der Waals surface area (Å²) in [5.74, 6) is -0.580. The number of rotatable bonds is 5. The molecule has 1 rings (SSSR count). The highest BCUT2D eigenvalue weighted by atomic mass is 32.2. The van der Waals surface area contributed by atoms with Crippen molar-refractivity contribution in [2.45, 2.75) is 51.5 Å².